The SMILES string of the molecule is CN(C)c1nnc(SCc2cccc(C(=O)O)n2)s1. The lowest BCUT2D eigenvalue weighted by Gasteiger charge is -2.03. The van der Waals surface area contributed by atoms with Crippen LogP contribution in [0.1, 0.15) is 16.2 Å². The van der Waals surface area contributed by atoms with Crippen molar-refractivity contribution >= 4 is 34.2 Å². The van der Waals surface area contributed by atoms with E-state index in [-0.39, 0.29) is 5.69 Å². The second-order valence-electron chi connectivity index (χ2n) is 3.85. The van der Waals surface area contributed by atoms with Gasteiger partial charge in [-0.25, -0.2) is 9.78 Å². The number of aromatic carboxylic acids is 1. The number of thioether (sulfide) groups is 1. The van der Waals surface area contributed by atoms with E-state index in [1.54, 1.807) is 12.1 Å². The van der Waals surface area contributed by atoms with Crippen molar-refractivity contribution in [2.75, 3.05) is 19.0 Å². The Morgan fingerprint density at radius 2 is 2.21 bits per heavy atom. The number of hydrogen-bond donors (Lipinski definition) is 1. The molecule has 19 heavy (non-hydrogen) atoms. The van der Waals surface area contributed by atoms with E-state index < -0.39 is 5.97 Å². The molecule has 100 valence electrons. The molecule has 0 aliphatic heterocycles. The van der Waals surface area contributed by atoms with Crippen molar-refractivity contribution in [2.24, 2.45) is 0 Å². The molecule has 0 spiro atoms. The molecule has 2 rings (SSSR count). The van der Waals surface area contributed by atoms with Gasteiger partial charge >= 0.3 is 5.97 Å². The number of pyridine rings is 1. The minimum atomic E-state index is -1.02. The number of carbonyl (C=O) groups is 1. The maximum Gasteiger partial charge on any atom is 0.354 e. The Balaban J connectivity index is 2.01. The van der Waals surface area contributed by atoms with Gasteiger partial charge in [0.2, 0.25) is 5.13 Å². The van der Waals surface area contributed by atoms with Crippen LogP contribution in [0.15, 0.2) is 22.5 Å². The molecular weight excluding hydrogens is 284 g/mol. The monoisotopic (exact) mass is 296 g/mol. The van der Waals surface area contributed by atoms with Crippen molar-refractivity contribution in [3.05, 3.63) is 29.6 Å². The molecule has 2 heterocycles. The molecular formula is C11H12N4O2S2. The van der Waals surface area contributed by atoms with Crippen molar-refractivity contribution in [3.63, 3.8) is 0 Å². The number of anilines is 1. The highest BCUT2D eigenvalue weighted by Crippen LogP contribution is 2.28. The third kappa shape index (κ3) is 3.65. The topological polar surface area (TPSA) is 79.2 Å². The molecule has 0 bridgehead atoms. The summed E-state index contributed by atoms with van der Waals surface area (Å²) < 4.78 is 0.839. The standard InChI is InChI=1S/C11H12N4O2S2/c1-15(2)10-13-14-11(19-10)18-6-7-4-3-5-8(12-7)9(16)17/h3-5H,6H2,1-2H3,(H,16,17). The van der Waals surface area contributed by atoms with E-state index in [9.17, 15) is 4.79 Å². The summed E-state index contributed by atoms with van der Waals surface area (Å²) in [4.78, 5) is 16.8. The first-order valence-corrected chi connectivity index (χ1v) is 7.19. The fourth-order valence-electron chi connectivity index (χ4n) is 1.26. The number of nitrogens with zero attached hydrogens (tertiary/aromatic N) is 4. The van der Waals surface area contributed by atoms with Gasteiger partial charge in [-0.1, -0.05) is 29.2 Å². The van der Waals surface area contributed by atoms with E-state index in [4.69, 9.17) is 5.11 Å². The Labute approximate surface area is 118 Å². The molecule has 8 heteroatoms. The van der Waals surface area contributed by atoms with Gasteiger partial charge in [0.05, 0.1) is 5.69 Å². The lowest BCUT2D eigenvalue weighted by Crippen LogP contribution is -2.07. The first-order chi connectivity index (χ1) is 9.06. The zero-order chi connectivity index (χ0) is 13.8. The van der Waals surface area contributed by atoms with E-state index in [2.05, 4.69) is 15.2 Å². The van der Waals surface area contributed by atoms with Crippen LogP contribution in [-0.2, 0) is 5.75 Å². The van der Waals surface area contributed by atoms with Crippen LogP contribution >= 0.6 is 23.1 Å². The van der Waals surface area contributed by atoms with E-state index in [0.29, 0.717) is 11.4 Å². The Bertz CT molecular complexity index is 586. The largest absolute Gasteiger partial charge is 0.477 e. The number of aromatic nitrogens is 3. The first-order valence-electron chi connectivity index (χ1n) is 5.39. The van der Waals surface area contributed by atoms with E-state index in [1.807, 2.05) is 19.0 Å². The van der Waals surface area contributed by atoms with Crippen molar-refractivity contribution in [1.29, 1.82) is 0 Å². The third-order valence-corrected chi connectivity index (χ3v) is 4.41. The fraction of sp³-hybridized carbons (Fsp3) is 0.273. The number of carboxylic acid groups (broad SMARTS) is 1. The Morgan fingerprint density at radius 1 is 1.42 bits per heavy atom. The molecule has 0 aliphatic rings. The van der Waals surface area contributed by atoms with Gasteiger partial charge < -0.3 is 10.0 Å². The third-order valence-electron chi connectivity index (χ3n) is 2.15. The van der Waals surface area contributed by atoms with Gasteiger partial charge in [-0.2, -0.15) is 0 Å². The van der Waals surface area contributed by atoms with E-state index in [0.717, 1.165) is 9.47 Å². The maximum absolute atomic E-state index is 10.8. The predicted molar refractivity (Wildman–Crippen MR) is 75.0 cm³/mol. The normalized spacial score (nSPS) is 10.4. The molecule has 1 N–H and O–H groups in total. The first kappa shape index (κ1) is 13.8. The highest BCUT2D eigenvalue weighted by Gasteiger charge is 2.08. The molecule has 2 aromatic heterocycles. The molecule has 2 aromatic rings. The van der Waals surface area contributed by atoms with E-state index in [1.165, 1.54) is 29.2 Å². The predicted octanol–water partition coefficient (Wildman–Crippen LogP) is 1.99. The van der Waals surface area contributed by atoms with Gasteiger partial charge in [-0.05, 0) is 12.1 Å². The summed E-state index contributed by atoms with van der Waals surface area (Å²) in [6.45, 7) is 0. The molecule has 0 saturated heterocycles. The summed E-state index contributed by atoms with van der Waals surface area (Å²) in [5.41, 5.74) is 0.774. The summed E-state index contributed by atoms with van der Waals surface area (Å²) in [6, 6.07) is 4.97. The number of rotatable bonds is 5. The molecule has 0 aliphatic carbocycles. The minimum absolute atomic E-state index is 0.0596. The maximum atomic E-state index is 10.8. The second kappa shape index (κ2) is 5.98. The molecule has 0 atom stereocenters. The Kier molecular flexibility index (Phi) is 4.33. The molecule has 0 unspecified atom stereocenters. The van der Waals surface area contributed by atoms with Crippen molar-refractivity contribution in [2.45, 2.75) is 10.1 Å². The minimum Gasteiger partial charge on any atom is -0.477 e. The smallest absolute Gasteiger partial charge is 0.354 e. The van der Waals surface area contributed by atoms with Crippen LogP contribution in [0, 0.1) is 0 Å². The summed E-state index contributed by atoms with van der Waals surface area (Å²) in [6.07, 6.45) is 0. The van der Waals surface area contributed by atoms with Crippen LogP contribution in [0.3, 0.4) is 0 Å². The molecule has 0 saturated carbocycles. The van der Waals surface area contributed by atoms with E-state index >= 15 is 0 Å². The average molecular weight is 296 g/mol. The highest BCUT2D eigenvalue weighted by molar-refractivity contribution is 8.00. The van der Waals surface area contributed by atoms with Crippen molar-refractivity contribution in [1.82, 2.24) is 15.2 Å². The van der Waals surface area contributed by atoms with Crippen LogP contribution in [0.25, 0.3) is 0 Å². The zero-order valence-corrected chi connectivity index (χ0v) is 12.0. The number of carboxylic acids is 1. The van der Waals surface area contributed by atoms with Gasteiger partial charge in [0.1, 0.15) is 5.69 Å². The molecule has 0 radical (unpaired) electrons. The Hall–Kier alpha value is -1.67. The van der Waals surface area contributed by atoms with Gasteiger partial charge in [0.15, 0.2) is 4.34 Å². The van der Waals surface area contributed by atoms with Crippen LogP contribution in [0.2, 0.25) is 0 Å². The van der Waals surface area contributed by atoms with Crippen molar-refractivity contribution in [3.8, 4) is 0 Å². The zero-order valence-electron chi connectivity index (χ0n) is 10.4. The summed E-state index contributed by atoms with van der Waals surface area (Å²) in [5.74, 6) is -0.443. The molecule has 0 aromatic carbocycles. The molecule has 6 nitrogen and oxygen atoms in total. The lowest BCUT2D eigenvalue weighted by molar-refractivity contribution is 0.0690. The van der Waals surface area contributed by atoms with Gasteiger partial charge in [-0.15, -0.1) is 10.2 Å². The lowest BCUT2D eigenvalue weighted by atomic mass is 10.3. The summed E-state index contributed by atoms with van der Waals surface area (Å²) in [5, 5.41) is 17.8. The summed E-state index contributed by atoms with van der Waals surface area (Å²) >= 11 is 2.99. The van der Waals surface area contributed by atoms with Crippen LogP contribution in [0.5, 0.6) is 0 Å². The van der Waals surface area contributed by atoms with Crippen LogP contribution < -0.4 is 4.90 Å². The van der Waals surface area contributed by atoms with Gasteiger partial charge in [-0.3, -0.25) is 0 Å². The van der Waals surface area contributed by atoms with Crippen molar-refractivity contribution < 1.29 is 9.90 Å². The Morgan fingerprint density at radius 3 is 2.84 bits per heavy atom. The van der Waals surface area contributed by atoms with Crippen LogP contribution in [0.4, 0.5) is 5.13 Å². The average Bonchev–Trinajstić information content (AvgIpc) is 2.85. The van der Waals surface area contributed by atoms with Gasteiger partial charge in [0, 0.05) is 19.8 Å². The fourth-order valence-corrected chi connectivity index (χ4v) is 2.93. The van der Waals surface area contributed by atoms with Gasteiger partial charge in [0.25, 0.3) is 0 Å². The quantitative estimate of drug-likeness (QED) is 0.845. The molecule has 0 fully saturated rings. The number of hydrogen-bond acceptors (Lipinski definition) is 7. The summed E-state index contributed by atoms with van der Waals surface area (Å²) in [7, 11) is 3.82. The highest BCUT2D eigenvalue weighted by atomic mass is 32.2. The van der Waals surface area contributed by atoms with Crippen LogP contribution in [-0.4, -0.2) is 40.4 Å². The molecule has 0 amide bonds. The second-order valence-corrected chi connectivity index (χ2v) is 6.03.